The van der Waals surface area contributed by atoms with Gasteiger partial charge >= 0.3 is 0 Å². The van der Waals surface area contributed by atoms with E-state index in [1.165, 1.54) is 23.1 Å². The molecule has 0 atom stereocenters. The highest BCUT2D eigenvalue weighted by Crippen LogP contribution is 2.27. The molecule has 1 aromatic rings. The van der Waals surface area contributed by atoms with Crippen LogP contribution in [-0.2, 0) is 13.8 Å². The second kappa shape index (κ2) is 7.98. The summed E-state index contributed by atoms with van der Waals surface area (Å²) in [5.74, 6) is -0.484. The van der Waals surface area contributed by atoms with E-state index in [1.807, 2.05) is 6.92 Å². The Kier molecular flexibility index (Phi) is 6.93. The highest BCUT2D eigenvalue weighted by Gasteiger charge is 2.26. The van der Waals surface area contributed by atoms with E-state index >= 15 is 0 Å². The lowest BCUT2D eigenvalue weighted by Gasteiger charge is -2.22. The number of amides is 1. The second-order valence-corrected chi connectivity index (χ2v) is 7.07. The van der Waals surface area contributed by atoms with Gasteiger partial charge < -0.3 is 9.64 Å². The summed E-state index contributed by atoms with van der Waals surface area (Å²) in [7, 11) is 1.31. The zero-order chi connectivity index (χ0) is 16.0. The molecule has 118 valence electrons. The Hall–Kier alpha value is -0.820. The van der Waals surface area contributed by atoms with Crippen molar-refractivity contribution in [3.05, 3.63) is 28.8 Å². The van der Waals surface area contributed by atoms with E-state index < -0.39 is 15.0 Å². The summed E-state index contributed by atoms with van der Waals surface area (Å²) in [5, 5.41) is 0.0524. The molecular weight excluding hydrogens is 337 g/mol. The van der Waals surface area contributed by atoms with Crippen LogP contribution < -0.4 is 0 Å². The quantitative estimate of drug-likeness (QED) is 0.558. The number of carbonyl (C=O) groups excluding carboxylic acids is 1. The molecule has 0 aromatic heterocycles. The fourth-order valence-corrected chi connectivity index (χ4v) is 3.17. The van der Waals surface area contributed by atoms with Gasteiger partial charge in [-0.05, 0) is 26.0 Å². The van der Waals surface area contributed by atoms with Gasteiger partial charge in [-0.25, -0.2) is 8.42 Å². The van der Waals surface area contributed by atoms with E-state index in [0.717, 1.165) is 0 Å². The zero-order valence-corrected chi connectivity index (χ0v) is 14.1. The van der Waals surface area contributed by atoms with Crippen LogP contribution >= 0.6 is 22.3 Å². The molecule has 8 heteroatoms. The maximum absolute atomic E-state index is 12.5. The standard InChI is InChI=1S/C13H17Cl2NO4S/c1-3-16(8-9-20-4-2)13(17)12-10(14)6-5-7-11(12)21(15,18)19/h5-7H,3-4,8-9H2,1-2H3. The first-order valence-corrected chi connectivity index (χ1v) is 9.11. The molecule has 0 aliphatic rings. The van der Waals surface area contributed by atoms with Gasteiger partial charge in [0.15, 0.2) is 0 Å². The Morgan fingerprint density at radius 2 is 2.00 bits per heavy atom. The fourth-order valence-electron chi connectivity index (χ4n) is 1.80. The number of carbonyl (C=O) groups is 1. The van der Waals surface area contributed by atoms with Gasteiger partial charge in [0, 0.05) is 30.4 Å². The first-order valence-electron chi connectivity index (χ1n) is 6.43. The summed E-state index contributed by atoms with van der Waals surface area (Å²) in [6.07, 6.45) is 0. The summed E-state index contributed by atoms with van der Waals surface area (Å²) >= 11 is 5.99. The summed E-state index contributed by atoms with van der Waals surface area (Å²) in [5.41, 5.74) is -0.104. The monoisotopic (exact) mass is 353 g/mol. The maximum atomic E-state index is 12.5. The van der Waals surface area contributed by atoms with Crippen molar-refractivity contribution in [3.63, 3.8) is 0 Å². The van der Waals surface area contributed by atoms with Crippen molar-refractivity contribution in [2.45, 2.75) is 18.7 Å². The lowest BCUT2D eigenvalue weighted by molar-refractivity contribution is 0.0666. The Bertz CT molecular complexity index is 604. The third kappa shape index (κ3) is 4.85. The molecule has 0 aliphatic heterocycles. The number of ether oxygens (including phenoxy) is 1. The van der Waals surface area contributed by atoms with E-state index in [-0.39, 0.29) is 15.5 Å². The van der Waals surface area contributed by atoms with Gasteiger partial charge in [0.1, 0.15) is 0 Å². The Labute approximate surface area is 134 Å². The van der Waals surface area contributed by atoms with Crippen molar-refractivity contribution in [2.24, 2.45) is 0 Å². The maximum Gasteiger partial charge on any atom is 0.262 e. The third-order valence-corrected chi connectivity index (χ3v) is 4.51. The van der Waals surface area contributed by atoms with Crippen molar-refractivity contribution in [1.29, 1.82) is 0 Å². The molecule has 0 radical (unpaired) electrons. The number of rotatable bonds is 7. The normalized spacial score (nSPS) is 11.4. The molecule has 1 aromatic carbocycles. The number of benzene rings is 1. The van der Waals surface area contributed by atoms with Crippen molar-refractivity contribution in [3.8, 4) is 0 Å². The summed E-state index contributed by atoms with van der Waals surface area (Å²) in [4.78, 5) is 13.7. The number of nitrogens with zero attached hydrogens (tertiary/aromatic N) is 1. The largest absolute Gasteiger partial charge is 0.380 e. The average molecular weight is 354 g/mol. The van der Waals surface area contributed by atoms with Gasteiger partial charge in [0.05, 0.1) is 22.1 Å². The number of hydrogen-bond donors (Lipinski definition) is 0. The fraction of sp³-hybridized carbons (Fsp3) is 0.462. The molecule has 0 heterocycles. The minimum atomic E-state index is -4.06. The SMILES string of the molecule is CCOCCN(CC)C(=O)c1c(Cl)cccc1S(=O)(=O)Cl. The first kappa shape index (κ1) is 18.2. The van der Waals surface area contributed by atoms with Crippen LogP contribution in [0.3, 0.4) is 0 Å². The Morgan fingerprint density at radius 3 is 2.52 bits per heavy atom. The summed E-state index contributed by atoms with van der Waals surface area (Å²) in [6.45, 7) is 5.29. The molecule has 0 aliphatic carbocycles. The van der Waals surface area contributed by atoms with Crippen LogP contribution in [0.1, 0.15) is 24.2 Å². The van der Waals surface area contributed by atoms with Crippen LogP contribution in [0.4, 0.5) is 0 Å². The van der Waals surface area contributed by atoms with Gasteiger partial charge in [0.25, 0.3) is 15.0 Å². The number of halogens is 2. The summed E-state index contributed by atoms with van der Waals surface area (Å²) in [6, 6.07) is 4.15. The van der Waals surface area contributed by atoms with Crippen LogP contribution in [0.5, 0.6) is 0 Å². The van der Waals surface area contributed by atoms with Crippen molar-refractivity contribution in [2.75, 3.05) is 26.3 Å². The molecule has 0 saturated heterocycles. The van der Waals surface area contributed by atoms with Crippen LogP contribution in [0.15, 0.2) is 23.1 Å². The minimum absolute atomic E-state index is 0.0524. The molecule has 1 amide bonds. The lowest BCUT2D eigenvalue weighted by atomic mass is 10.2. The lowest BCUT2D eigenvalue weighted by Crippen LogP contribution is -2.34. The number of hydrogen-bond acceptors (Lipinski definition) is 4. The molecule has 0 N–H and O–H groups in total. The van der Waals surface area contributed by atoms with E-state index in [9.17, 15) is 13.2 Å². The molecule has 21 heavy (non-hydrogen) atoms. The topological polar surface area (TPSA) is 63.7 Å². The predicted molar refractivity (Wildman–Crippen MR) is 82.6 cm³/mol. The summed E-state index contributed by atoms with van der Waals surface area (Å²) < 4.78 is 28.4. The highest BCUT2D eigenvalue weighted by molar-refractivity contribution is 8.13. The van der Waals surface area contributed by atoms with Crippen LogP contribution in [0, 0.1) is 0 Å². The predicted octanol–water partition coefficient (Wildman–Crippen LogP) is 2.77. The molecule has 5 nitrogen and oxygen atoms in total. The molecule has 0 unspecified atom stereocenters. The van der Waals surface area contributed by atoms with Crippen molar-refractivity contribution >= 4 is 37.2 Å². The smallest absolute Gasteiger partial charge is 0.262 e. The second-order valence-electron chi connectivity index (χ2n) is 4.13. The van der Waals surface area contributed by atoms with Gasteiger partial charge in [-0.1, -0.05) is 17.7 Å². The van der Waals surface area contributed by atoms with Crippen LogP contribution in [-0.4, -0.2) is 45.5 Å². The highest BCUT2D eigenvalue weighted by atomic mass is 35.7. The molecule has 0 fully saturated rings. The minimum Gasteiger partial charge on any atom is -0.380 e. The Balaban J connectivity index is 3.16. The molecular formula is C13H17Cl2NO4S. The number of likely N-dealkylation sites (N-methyl/N-ethyl adjacent to an activating group) is 1. The molecule has 0 bridgehead atoms. The van der Waals surface area contributed by atoms with Gasteiger partial charge in [-0.2, -0.15) is 0 Å². The first-order chi connectivity index (χ1) is 9.82. The van der Waals surface area contributed by atoms with E-state index in [4.69, 9.17) is 27.0 Å². The average Bonchev–Trinajstić information content (AvgIpc) is 2.42. The van der Waals surface area contributed by atoms with Crippen molar-refractivity contribution < 1.29 is 17.9 Å². The third-order valence-electron chi connectivity index (χ3n) is 2.83. The zero-order valence-electron chi connectivity index (χ0n) is 11.8. The van der Waals surface area contributed by atoms with Crippen LogP contribution in [0.2, 0.25) is 5.02 Å². The van der Waals surface area contributed by atoms with E-state index in [0.29, 0.717) is 26.3 Å². The Morgan fingerprint density at radius 1 is 1.33 bits per heavy atom. The van der Waals surface area contributed by atoms with Gasteiger partial charge in [-0.3, -0.25) is 4.79 Å². The van der Waals surface area contributed by atoms with Crippen molar-refractivity contribution in [1.82, 2.24) is 4.90 Å². The van der Waals surface area contributed by atoms with E-state index in [2.05, 4.69) is 0 Å². The van der Waals surface area contributed by atoms with Gasteiger partial charge in [-0.15, -0.1) is 0 Å². The molecule has 1 rings (SSSR count). The van der Waals surface area contributed by atoms with Gasteiger partial charge in [0.2, 0.25) is 0 Å². The van der Waals surface area contributed by atoms with E-state index in [1.54, 1.807) is 6.92 Å². The molecule has 0 spiro atoms. The molecule has 0 saturated carbocycles. The van der Waals surface area contributed by atoms with Crippen LogP contribution in [0.25, 0.3) is 0 Å².